The molecule has 0 atom stereocenters. The molecular weight excluding hydrogens is 380 g/mol. The molecule has 0 fully saturated rings. The number of carbonyl (C=O) groups excluding carboxylic acids is 2. The molecule has 0 bridgehead atoms. The lowest BCUT2D eigenvalue weighted by Crippen LogP contribution is -2.41. The molecule has 9 heteroatoms. The number of thiazole rings is 1. The molecule has 140 valence electrons. The average molecular weight is 394 g/mol. The third-order valence-electron chi connectivity index (χ3n) is 3.82. The Morgan fingerprint density at radius 2 is 1.79 bits per heavy atom. The van der Waals surface area contributed by atoms with E-state index in [0.29, 0.717) is 22.1 Å². The molecule has 2 amide bonds. The Hall–Kier alpha value is -3.72. The minimum atomic E-state index is -0.611. The number of benzene rings is 1. The SMILES string of the molecule is Cc1nc(-c2ccccc2)sc1C(=O)NNC(=O)c1cc(-c2ccco2)on1. The molecule has 4 aromatic rings. The van der Waals surface area contributed by atoms with Crippen LogP contribution in [0.1, 0.15) is 25.9 Å². The summed E-state index contributed by atoms with van der Waals surface area (Å²) >= 11 is 1.25. The second-order valence-corrected chi connectivity index (χ2v) is 6.76. The number of hydrogen-bond acceptors (Lipinski definition) is 7. The summed E-state index contributed by atoms with van der Waals surface area (Å²) < 4.78 is 10.2. The van der Waals surface area contributed by atoms with Crippen LogP contribution in [0.3, 0.4) is 0 Å². The number of nitrogens with one attached hydrogen (secondary N) is 2. The van der Waals surface area contributed by atoms with Gasteiger partial charge in [0.25, 0.3) is 11.8 Å². The summed E-state index contributed by atoms with van der Waals surface area (Å²) in [7, 11) is 0. The van der Waals surface area contributed by atoms with Gasteiger partial charge in [0.1, 0.15) is 9.88 Å². The van der Waals surface area contributed by atoms with E-state index in [9.17, 15) is 9.59 Å². The Balaban J connectivity index is 1.42. The van der Waals surface area contributed by atoms with E-state index in [0.717, 1.165) is 10.6 Å². The fraction of sp³-hybridized carbons (Fsp3) is 0.0526. The first-order valence-corrected chi connectivity index (χ1v) is 9.07. The van der Waals surface area contributed by atoms with Crippen molar-refractivity contribution in [3.05, 3.63) is 71.1 Å². The number of hydrazine groups is 1. The first-order chi connectivity index (χ1) is 13.6. The van der Waals surface area contributed by atoms with Crippen LogP contribution in [0.4, 0.5) is 0 Å². The van der Waals surface area contributed by atoms with Gasteiger partial charge in [0, 0.05) is 11.6 Å². The zero-order chi connectivity index (χ0) is 19.5. The summed E-state index contributed by atoms with van der Waals surface area (Å²) in [6, 6.07) is 14.4. The Bertz CT molecular complexity index is 1120. The zero-order valence-corrected chi connectivity index (χ0v) is 15.4. The van der Waals surface area contributed by atoms with Gasteiger partial charge in [-0.25, -0.2) is 4.98 Å². The van der Waals surface area contributed by atoms with Crippen LogP contribution in [0.5, 0.6) is 0 Å². The van der Waals surface area contributed by atoms with Crippen LogP contribution in [0, 0.1) is 6.92 Å². The quantitative estimate of drug-likeness (QED) is 0.513. The molecule has 3 heterocycles. The van der Waals surface area contributed by atoms with Gasteiger partial charge < -0.3 is 8.94 Å². The predicted octanol–water partition coefficient (Wildman–Crippen LogP) is 3.44. The highest BCUT2D eigenvalue weighted by Gasteiger charge is 2.19. The van der Waals surface area contributed by atoms with E-state index in [1.807, 2.05) is 30.3 Å². The van der Waals surface area contributed by atoms with E-state index < -0.39 is 11.8 Å². The van der Waals surface area contributed by atoms with Gasteiger partial charge in [-0.2, -0.15) is 0 Å². The molecule has 0 unspecified atom stereocenters. The van der Waals surface area contributed by atoms with Crippen molar-refractivity contribution in [3.63, 3.8) is 0 Å². The topological polar surface area (TPSA) is 110 Å². The normalized spacial score (nSPS) is 10.6. The molecule has 0 saturated heterocycles. The summed E-state index contributed by atoms with van der Waals surface area (Å²) in [5, 5.41) is 4.41. The smallest absolute Gasteiger partial charge is 0.291 e. The Kier molecular flexibility index (Phi) is 4.73. The van der Waals surface area contributed by atoms with Gasteiger partial charge >= 0.3 is 0 Å². The van der Waals surface area contributed by atoms with Gasteiger partial charge in [-0.05, 0) is 19.1 Å². The monoisotopic (exact) mass is 394 g/mol. The van der Waals surface area contributed by atoms with Crippen LogP contribution in [-0.4, -0.2) is 22.0 Å². The summed E-state index contributed by atoms with van der Waals surface area (Å²) in [6.45, 7) is 1.74. The minimum Gasteiger partial charge on any atom is -0.461 e. The first-order valence-electron chi connectivity index (χ1n) is 8.26. The zero-order valence-electron chi connectivity index (χ0n) is 14.6. The van der Waals surface area contributed by atoms with E-state index in [2.05, 4.69) is 21.0 Å². The highest BCUT2D eigenvalue weighted by molar-refractivity contribution is 7.17. The second-order valence-electron chi connectivity index (χ2n) is 5.76. The third-order valence-corrected chi connectivity index (χ3v) is 5.03. The van der Waals surface area contributed by atoms with E-state index in [1.54, 1.807) is 19.1 Å². The van der Waals surface area contributed by atoms with Crippen molar-refractivity contribution < 1.29 is 18.5 Å². The van der Waals surface area contributed by atoms with Crippen LogP contribution < -0.4 is 10.9 Å². The van der Waals surface area contributed by atoms with Gasteiger partial charge in [0.15, 0.2) is 11.5 Å². The van der Waals surface area contributed by atoms with Gasteiger partial charge in [-0.3, -0.25) is 20.4 Å². The summed E-state index contributed by atoms with van der Waals surface area (Å²) in [4.78, 5) is 29.4. The number of aromatic nitrogens is 2. The maximum atomic E-state index is 12.4. The Morgan fingerprint density at radius 3 is 2.54 bits per heavy atom. The largest absolute Gasteiger partial charge is 0.461 e. The first kappa shape index (κ1) is 17.7. The van der Waals surface area contributed by atoms with Crippen molar-refractivity contribution in [3.8, 4) is 22.1 Å². The highest BCUT2D eigenvalue weighted by atomic mass is 32.1. The minimum absolute atomic E-state index is 0.0118. The van der Waals surface area contributed by atoms with Gasteiger partial charge in [-0.1, -0.05) is 35.5 Å². The van der Waals surface area contributed by atoms with E-state index >= 15 is 0 Å². The fourth-order valence-corrected chi connectivity index (χ4v) is 3.43. The molecule has 28 heavy (non-hydrogen) atoms. The van der Waals surface area contributed by atoms with Crippen LogP contribution in [-0.2, 0) is 0 Å². The van der Waals surface area contributed by atoms with Gasteiger partial charge in [0.05, 0.1) is 12.0 Å². The molecule has 3 aromatic heterocycles. The Morgan fingerprint density at radius 1 is 1.00 bits per heavy atom. The number of aryl methyl sites for hydroxylation is 1. The molecule has 4 rings (SSSR count). The number of furan rings is 1. The molecule has 1 aromatic carbocycles. The number of rotatable bonds is 4. The molecule has 0 radical (unpaired) electrons. The van der Waals surface area contributed by atoms with Crippen LogP contribution in [0.15, 0.2) is 63.7 Å². The van der Waals surface area contributed by atoms with Crippen LogP contribution >= 0.6 is 11.3 Å². The van der Waals surface area contributed by atoms with Crippen molar-refractivity contribution in [1.29, 1.82) is 0 Å². The number of hydrogen-bond donors (Lipinski definition) is 2. The molecule has 0 saturated carbocycles. The highest BCUT2D eigenvalue weighted by Crippen LogP contribution is 2.27. The predicted molar refractivity (Wildman–Crippen MR) is 101 cm³/mol. The number of carbonyl (C=O) groups is 2. The second kappa shape index (κ2) is 7.49. The lowest BCUT2D eigenvalue weighted by Gasteiger charge is -2.04. The molecule has 0 aliphatic rings. The van der Waals surface area contributed by atoms with Crippen LogP contribution in [0.25, 0.3) is 22.1 Å². The van der Waals surface area contributed by atoms with Crippen molar-refractivity contribution in [2.24, 2.45) is 0 Å². The molecule has 8 nitrogen and oxygen atoms in total. The molecule has 0 aliphatic carbocycles. The molecular formula is C19H14N4O4S. The Labute approximate surface area is 163 Å². The maximum Gasteiger partial charge on any atom is 0.291 e. The summed E-state index contributed by atoms with van der Waals surface area (Å²) in [6.07, 6.45) is 1.49. The van der Waals surface area contributed by atoms with Crippen molar-refractivity contribution in [2.45, 2.75) is 6.92 Å². The standard InChI is InChI=1S/C19H14N4O4S/c1-11-16(28-19(20-11)12-6-3-2-4-7-12)18(25)22-21-17(24)13-10-15(27-23-13)14-8-5-9-26-14/h2-10H,1H3,(H,21,24)(H,22,25). The lowest BCUT2D eigenvalue weighted by atomic mass is 10.2. The van der Waals surface area contributed by atoms with E-state index in [1.165, 1.54) is 23.7 Å². The van der Waals surface area contributed by atoms with Crippen molar-refractivity contribution in [1.82, 2.24) is 21.0 Å². The van der Waals surface area contributed by atoms with Gasteiger partial charge in [-0.15, -0.1) is 11.3 Å². The average Bonchev–Trinajstić information content (AvgIpc) is 3.46. The van der Waals surface area contributed by atoms with Crippen LogP contribution in [0.2, 0.25) is 0 Å². The van der Waals surface area contributed by atoms with E-state index in [-0.39, 0.29) is 5.69 Å². The number of amides is 2. The molecule has 0 aliphatic heterocycles. The van der Waals surface area contributed by atoms with Gasteiger partial charge in [0.2, 0.25) is 5.76 Å². The van der Waals surface area contributed by atoms with E-state index in [4.69, 9.17) is 8.94 Å². The number of nitrogens with zero attached hydrogens (tertiary/aromatic N) is 2. The summed E-state index contributed by atoms with van der Waals surface area (Å²) in [5.41, 5.74) is 6.21. The van der Waals surface area contributed by atoms with Crippen molar-refractivity contribution >= 4 is 23.2 Å². The third kappa shape index (κ3) is 3.55. The molecule has 0 spiro atoms. The molecule has 2 N–H and O–H groups in total. The summed E-state index contributed by atoms with van der Waals surface area (Å²) in [5.74, 6) is -0.308. The maximum absolute atomic E-state index is 12.4. The lowest BCUT2D eigenvalue weighted by molar-refractivity contribution is 0.0843. The fourth-order valence-electron chi connectivity index (χ4n) is 2.46. The van der Waals surface area contributed by atoms with Crippen molar-refractivity contribution in [2.75, 3.05) is 0 Å².